The summed E-state index contributed by atoms with van der Waals surface area (Å²) in [4.78, 5) is 11.8. The molecule has 0 bridgehead atoms. The van der Waals surface area contributed by atoms with Gasteiger partial charge in [-0.05, 0) is 38.3 Å². The van der Waals surface area contributed by atoms with E-state index >= 15 is 0 Å². The van der Waals surface area contributed by atoms with E-state index < -0.39 is 0 Å². The lowest BCUT2D eigenvalue weighted by Crippen LogP contribution is -2.25. The summed E-state index contributed by atoms with van der Waals surface area (Å²) in [6, 6.07) is 5.42. The zero-order valence-corrected chi connectivity index (χ0v) is 10.2. The number of hydrogen-bond donors (Lipinski definition) is 3. The van der Waals surface area contributed by atoms with Gasteiger partial charge in [-0.25, -0.2) is 0 Å². The Labute approximate surface area is 102 Å². The van der Waals surface area contributed by atoms with Gasteiger partial charge in [0.2, 0.25) is 0 Å². The van der Waals surface area contributed by atoms with Crippen LogP contribution < -0.4 is 11.1 Å². The van der Waals surface area contributed by atoms with Crippen molar-refractivity contribution in [3.05, 3.63) is 29.3 Å². The molecule has 0 heterocycles. The molecule has 0 aliphatic rings. The Kier molecular flexibility index (Phi) is 5.49. The molecular weight excluding hydrogens is 216 g/mol. The van der Waals surface area contributed by atoms with Gasteiger partial charge in [0.05, 0.1) is 5.56 Å². The second-order valence-electron chi connectivity index (χ2n) is 4.13. The minimum atomic E-state index is -0.129. The number of nitrogen functional groups attached to an aromatic ring is 1. The molecule has 0 aromatic heterocycles. The molecule has 17 heavy (non-hydrogen) atoms. The zero-order valence-electron chi connectivity index (χ0n) is 10.2. The van der Waals surface area contributed by atoms with Crippen molar-refractivity contribution in [3.63, 3.8) is 0 Å². The molecule has 94 valence electrons. The number of anilines is 1. The monoisotopic (exact) mass is 236 g/mol. The number of aliphatic hydroxyl groups is 1. The predicted octanol–water partition coefficient (Wildman–Crippen LogP) is 1.47. The summed E-state index contributed by atoms with van der Waals surface area (Å²) in [6.45, 7) is 2.75. The van der Waals surface area contributed by atoms with E-state index in [9.17, 15) is 4.79 Å². The quantitative estimate of drug-likeness (QED) is 0.517. The summed E-state index contributed by atoms with van der Waals surface area (Å²) in [5.74, 6) is -0.129. The van der Waals surface area contributed by atoms with Gasteiger partial charge >= 0.3 is 0 Å². The normalized spacial score (nSPS) is 10.2. The summed E-state index contributed by atoms with van der Waals surface area (Å²) in [5.41, 5.74) is 7.80. The summed E-state index contributed by atoms with van der Waals surface area (Å²) in [6.07, 6.45) is 2.57. The Hall–Kier alpha value is -1.55. The molecule has 0 spiro atoms. The van der Waals surface area contributed by atoms with Crippen molar-refractivity contribution in [3.8, 4) is 0 Å². The van der Waals surface area contributed by atoms with E-state index in [1.807, 2.05) is 13.0 Å². The molecule has 1 rings (SSSR count). The molecule has 0 radical (unpaired) electrons. The highest BCUT2D eigenvalue weighted by atomic mass is 16.2. The number of benzene rings is 1. The maximum atomic E-state index is 11.8. The fraction of sp³-hybridized carbons (Fsp3) is 0.462. The van der Waals surface area contributed by atoms with Crippen LogP contribution in [-0.4, -0.2) is 24.2 Å². The lowest BCUT2D eigenvalue weighted by molar-refractivity contribution is 0.0953. The van der Waals surface area contributed by atoms with Gasteiger partial charge in [0, 0.05) is 18.8 Å². The number of rotatable bonds is 6. The van der Waals surface area contributed by atoms with Gasteiger partial charge in [0.1, 0.15) is 0 Å². The van der Waals surface area contributed by atoms with Crippen LogP contribution >= 0.6 is 0 Å². The van der Waals surface area contributed by atoms with Crippen molar-refractivity contribution in [1.82, 2.24) is 5.32 Å². The van der Waals surface area contributed by atoms with Crippen LogP contribution in [0.25, 0.3) is 0 Å². The van der Waals surface area contributed by atoms with Crippen molar-refractivity contribution in [2.24, 2.45) is 0 Å². The molecule has 0 atom stereocenters. The lowest BCUT2D eigenvalue weighted by atomic mass is 10.1. The van der Waals surface area contributed by atoms with Gasteiger partial charge in [-0.3, -0.25) is 4.79 Å². The molecular formula is C13H20N2O2. The van der Waals surface area contributed by atoms with E-state index in [1.54, 1.807) is 12.1 Å². The summed E-state index contributed by atoms with van der Waals surface area (Å²) in [7, 11) is 0. The highest BCUT2D eigenvalue weighted by Gasteiger charge is 2.08. The summed E-state index contributed by atoms with van der Waals surface area (Å²) in [5, 5.41) is 11.4. The second kappa shape index (κ2) is 6.91. The first-order valence-corrected chi connectivity index (χ1v) is 5.90. The number of carbonyl (C=O) groups is 1. The first kappa shape index (κ1) is 13.5. The number of aryl methyl sites for hydroxylation is 1. The van der Waals surface area contributed by atoms with Crippen LogP contribution in [0.3, 0.4) is 0 Å². The molecule has 0 unspecified atom stereocenters. The number of carbonyl (C=O) groups excluding carboxylic acids is 1. The number of amides is 1. The van der Waals surface area contributed by atoms with Crippen molar-refractivity contribution in [1.29, 1.82) is 0 Å². The standard InChI is InChI=1S/C13H20N2O2/c1-10-5-6-12(14)11(9-10)13(17)15-7-3-2-4-8-16/h5-6,9,16H,2-4,7-8,14H2,1H3,(H,15,17). The van der Waals surface area contributed by atoms with Crippen LogP contribution in [0.15, 0.2) is 18.2 Å². The Morgan fingerprint density at radius 2 is 2.12 bits per heavy atom. The smallest absolute Gasteiger partial charge is 0.253 e. The molecule has 1 amide bonds. The zero-order chi connectivity index (χ0) is 12.7. The highest BCUT2D eigenvalue weighted by molar-refractivity contribution is 5.99. The second-order valence-corrected chi connectivity index (χ2v) is 4.13. The Morgan fingerprint density at radius 3 is 2.82 bits per heavy atom. The van der Waals surface area contributed by atoms with Crippen molar-refractivity contribution in [2.45, 2.75) is 26.2 Å². The van der Waals surface area contributed by atoms with Crippen molar-refractivity contribution >= 4 is 11.6 Å². The molecule has 0 saturated carbocycles. The SMILES string of the molecule is Cc1ccc(N)c(C(=O)NCCCCCO)c1. The molecule has 0 fully saturated rings. The Morgan fingerprint density at radius 1 is 1.35 bits per heavy atom. The molecule has 0 aliphatic heterocycles. The average molecular weight is 236 g/mol. The van der Waals surface area contributed by atoms with E-state index in [0.29, 0.717) is 17.8 Å². The van der Waals surface area contributed by atoms with E-state index in [2.05, 4.69) is 5.32 Å². The third-order valence-electron chi connectivity index (χ3n) is 2.57. The molecule has 4 nitrogen and oxygen atoms in total. The third kappa shape index (κ3) is 4.44. The van der Waals surface area contributed by atoms with Crippen molar-refractivity contribution < 1.29 is 9.90 Å². The van der Waals surface area contributed by atoms with Crippen LogP contribution in [0.4, 0.5) is 5.69 Å². The van der Waals surface area contributed by atoms with Crippen LogP contribution in [0.1, 0.15) is 35.2 Å². The maximum absolute atomic E-state index is 11.8. The number of nitrogens with one attached hydrogen (secondary N) is 1. The topological polar surface area (TPSA) is 75.4 Å². The number of aliphatic hydroxyl groups excluding tert-OH is 1. The minimum absolute atomic E-state index is 0.129. The fourth-order valence-corrected chi connectivity index (χ4v) is 1.58. The van der Waals surface area contributed by atoms with Gasteiger partial charge in [-0.15, -0.1) is 0 Å². The molecule has 0 aliphatic carbocycles. The highest BCUT2D eigenvalue weighted by Crippen LogP contribution is 2.13. The Bertz CT molecular complexity index is 378. The Balaban J connectivity index is 2.44. The first-order chi connectivity index (χ1) is 8.15. The molecule has 0 saturated heterocycles. The van der Waals surface area contributed by atoms with Gasteiger partial charge in [0.15, 0.2) is 0 Å². The van der Waals surface area contributed by atoms with Crippen LogP contribution in [0.2, 0.25) is 0 Å². The van der Waals surface area contributed by atoms with Gasteiger partial charge in [-0.1, -0.05) is 11.6 Å². The largest absolute Gasteiger partial charge is 0.398 e. The lowest BCUT2D eigenvalue weighted by Gasteiger charge is -2.08. The molecule has 4 heteroatoms. The van der Waals surface area contributed by atoms with Crippen molar-refractivity contribution in [2.75, 3.05) is 18.9 Å². The first-order valence-electron chi connectivity index (χ1n) is 5.90. The van der Waals surface area contributed by atoms with Gasteiger partial charge in [0.25, 0.3) is 5.91 Å². The van der Waals surface area contributed by atoms with E-state index in [-0.39, 0.29) is 12.5 Å². The molecule has 1 aromatic rings. The molecule has 4 N–H and O–H groups in total. The average Bonchev–Trinajstić information content (AvgIpc) is 2.32. The third-order valence-corrected chi connectivity index (χ3v) is 2.57. The fourth-order valence-electron chi connectivity index (χ4n) is 1.58. The van der Waals surface area contributed by atoms with E-state index in [4.69, 9.17) is 10.8 Å². The maximum Gasteiger partial charge on any atom is 0.253 e. The molecule has 1 aromatic carbocycles. The van der Waals surface area contributed by atoms with Gasteiger partial charge in [-0.2, -0.15) is 0 Å². The number of unbranched alkanes of at least 4 members (excludes halogenated alkanes) is 2. The predicted molar refractivity (Wildman–Crippen MR) is 68.9 cm³/mol. The summed E-state index contributed by atoms with van der Waals surface area (Å²) >= 11 is 0. The van der Waals surface area contributed by atoms with E-state index in [0.717, 1.165) is 24.8 Å². The van der Waals surface area contributed by atoms with Crippen LogP contribution in [0, 0.1) is 6.92 Å². The van der Waals surface area contributed by atoms with E-state index in [1.165, 1.54) is 0 Å². The summed E-state index contributed by atoms with van der Waals surface area (Å²) < 4.78 is 0. The minimum Gasteiger partial charge on any atom is -0.398 e. The van der Waals surface area contributed by atoms with Gasteiger partial charge < -0.3 is 16.2 Å². The number of nitrogens with two attached hydrogens (primary N) is 1. The van der Waals surface area contributed by atoms with Crippen LogP contribution in [0.5, 0.6) is 0 Å². The van der Waals surface area contributed by atoms with Crippen LogP contribution in [-0.2, 0) is 0 Å². The number of hydrogen-bond acceptors (Lipinski definition) is 3.